The molecule has 0 aliphatic rings. The van der Waals surface area contributed by atoms with Crippen LogP contribution in [0.1, 0.15) is 31.6 Å². The third-order valence-corrected chi connectivity index (χ3v) is 3.83. The smallest absolute Gasteiger partial charge is 0.310 e. The quantitative estimate of drug-likeness (QED) is 0.769. The Bertz CT molecular complexity index is 321. The van der Waals surface area contributed by atoms with E-state index >= 15 is 0 Å². The van der Waals surface area contributed by atoms with Crippen LogP contribution in [-0.2, 0) is 11.3 Å². The first kappa shape index (κ1) is 13.1. The first-order valence-electron chi connectivity index (χ1n) is 5.46. The van der Waals surface area contributed by atoms with Crippen LogP contribution in [0.4, 0.5) is 0 Å². The van der Waals surface area contributed by atoms with Crippen LogP contribution < -0.4 is 5.32 Å². The Kier molecular flexibility index (Phi) is 4.89. The second-order valence-electron chi connectivity index (χ2n) is 3.86. The van der Waals surface area contributed by atoms with E-state index in [2.05, 4.69) is 10.3 Å². The van der Waals surface area contributed by atoms with E-state index in [1.807, 2.05) is 13.8 Å². The molecule has 1 heterocycles. The summed E-state index contributed by atoms with van der Waals surface area (Å²) in [7, 11) is 0. The number of carboxylic acids is 1. The van der Waals surface area contributed by atoms with E-state index < -0.39 is 11.4 Å². The lowest BCUT2D eigenvalue weighted by Crippen LogP contribution is -2.39. The fourth-order valence-electron chi connectivity index (χ4n) is 1.63. The minimum Gasteiger partial charge on any atom is -0.481 e. The zero-order valence-electron chi connectivity index (χ0n) is 9.69. The average molecular weight is 242 g/mol. The molecule has 1 aromatic heterocycles. The standard InChI is InChI=1S/C11H18N2O2S/c1-3-11(4-2,10(14)15)7-12-5-9-6-13-8-16-9/h6,8,12H,3-5,7H2,1-2H3,(H,14,15). The number of nitrogens with zero attached hydrogens (tertiary/aromatic N) is 1. The summed E-state index contributed by atoms with van der Waals surface area (Å²) >= 11 is 1.58. The van der Waals surface area contributed by atoms with Gasteiger partial charge >= 0.3 is 5.97 Å². The maximum absolute atomic E-state index is 11.2. The van der Waals surface area contributed by atoms with E-state index in [9.17, 15) is 9.90 Å². The van der Waals surface area contributed by atoms with Crippen LogP contribution in [-0.4, -0.2) is 22.6 Å². The minimum absolute atomic E-state index is 0.507. The van der Waals surface area contributed by atoms with E-state index in [1.165, 1.54) is 0 Å². The number of carbonyl (C=O) groups is 1. The minimum atomic E-state index is -0.714. The van der Waals surface area contributed by atoms with Crippen molar-refractivity contribution in [2.75, 3.05) is 6.54 Å². The van der Waals surface area contributed by atoms with Gasteiger partial charge in [-0.1, -0.05) is 13.8 Å². The molecule has 1 rings (SSSR count). The Morgan fingerprint density at radius 1 is 1.56 bits per heavy atom. The van der Waals surface area contributed by atoms with E-state index in [4.69, 9.17) is 0 Å². The molecular formula is C11H18N2O2S. The van der Waals surface area contributed by atoms with Gasteiger partial charge in [-0.05, 0) is 12.8 Å². The topological polar surface area (TPSA) is 62.2 Å². The highest BCUT2D eigenvalue weighted by Crippen LogP contribution is 2.25. The molecule has 5 heteroatoms. The Hall–Kier alpha value is -0.940. The number of thiazole rings is 1. The van der Waals surface area contributed by atoms with Gasteiger partial charge in [0.05, 0.1) is 10.9 Å². The van der Waals surface area contributed by atoms with Crippen LogP contribution in [0.3, 0.4) is 0 Å². The van der Waals surface area contributed by atoms with Crippen molar-refractivity contribution in [3.63, 3.8) is 0 Å². The number of aliphatic carboxylic acids is 1. The van der Waals surface area contributed by atoms with Crippen LogP contribution in [0.5, 0.6) is 0 Å². The Morgan fingerprint density at radius 3 is 2.69 bits per heavy atom. The molecule has 0 radical (unpaired) electrons. The van der Waals surface area contributed by atoms with E-state index in [0.29, 0.717) is 25.9 Å². The molecule has 0 bridgehead atoms. The van der Waals surface area contributed by atoms with Crippen molar-refractivity contribution in [3.05, 3.63) is 16.6 Å². The van der Waals surface area contributed by atoms with Gasteiger partial charge in [-0.2, -0.15) is 0 Å². The second kappa shape index (κ2) is 5.96. The average Bonchev–Trinajstić information content (AvgIpc) is 2.77. The van der Waals surface area contributed by atoms with Crippen molar-refractivity contribution in [1.82, 2.24) is 10.3 Å². The van der Waals surface area contributed by atoms with Crippen molar-refractivity contribution in [2.45, 2.75) is 33.2 Å². The summed E-state index contributed by atoms with van der Waals surface area (Å²) in [5.41, 5.74) is 1.14. The molecule has 0 aliphatic carbocycles. The molecule has 0 aliphatic heterocycles. The monoisotopic (exact) mass is 242 g/mol. The molecule has 0 spiro atoms. The number of carboxylic acid groups (broad SMARTS) is 1. The lowest BCUT2D eigenvalue weighted by Gasteiger charge is -2.26. The van der Waals surface area contributed by atoms with Crippen molar-refractivity contribution in [3.8, 4) is 0 Å². The van der Waals surface area contributed by atoms with Crippen LogP contribution in [0.25, 0.3) is 0 Å². The van der Waals surface area contributed by atoms with Crippen LogP contribution in [0.2, 0.25) is 0 Å². The summed E-state index contributed by atoms with van der Waals surface area (Å²) in [4.78, 5) is 16.3. The van der Waals surface area contributed by atoms with Crippen molar-refractivity contribution < 1.29 is 9.90 Å². The molecule has 1 aromatic rings. The molecule has 0 amide bonds. The summed E-state index contributed by atoms with van der Waals surface area (Å²) in [6.07, 6.45) is 3.10. The number of aromatic nitrogens is 1. The first-order chi connectivity index (χ1) is 7.64. The Labute approximate surface area is 99.7 Å². The van der Waals surface area contributed by atoms with E-state index in [-0.39, 0.29) is 0 Å². The molecule has 0 unspecified atom stereocenters. The van der Waals surface area contributed by atoms with Gasteiger partial charge in [0.25, 0.3) is 0 Å². The van der Waals surface area contributed by atoms with E-state index in [0.717, 1.165) is 4.88 Å². The Balaban J connectivity index is 2.47. The largest absolute Gasteiger partial charge is 0.481 e. The normalized spacial score (nSPS) is 11.6. The SMILES string of the molecule is CCC(CC)(CNCc1cncs1)C(=O)O. The number of hydrogen-bond donors (Lipinski definition) is 2. The summed E-state index contributed by atoms with van der Waals surface area (Å²) in [6, 6.07) is 0. The summed E-state index contributed by atoms with van der Waals surface area (Å²) in [5, 5.41) is 12.4. The molecule has 0 fully saturated rings. The van der Waals surface area contributed by atoms with Gasteiger partial charge in [-0.25, -0.2) is 0 Å². The van der Waals surface area contributed by atoms with E-state index in [1.54, 1.807) is 23.0 Å². The van der Waals surface area contributed by atoms with Gasteiger partial charge in [0.1, 0.15) is 0 Å². The molecular weight excluding hydrogens is 224 g/mol. The second-order valence-corrected chi connectivity index (χ2v) is 4.83. The zero-order valence-corrected chi connectivity index (χ0v) is 10.5. The van der Waals surface area contributed by atoms with Gasteiger partial charge in [-0.15, -0.1) is 11.3 Å². The fraction of sp³-hybridized carbons (Fsp3) is 0.636. The molecule has 0 aromatic carbocycles. The predicted octanol–water partition coefficient (Wildman–Crippen LogP) is 2.12. The molecule has 90 valence electrons. The molecule has 0 saturated heterocycles. The maximum Gasteiger partial charge on any atom is 0.310 e. The highest BCUT2D eigenvalue weighted by molar-refractivity contribution is 7.09. The van der Waals surface area contributed by atoms with Gasteiger partial charge < -0.3 is 10.4 Å². The third kappa shape index (κ3) is 3.02. The van der Waals surface area contributed by atoms with Gasteiger partial charge in [-0.3, -0.25) is 9.78 Å². The van der Waals surface area contributed by atoms with Crippen LogP contribution >= 0.6 is 11.3 Å². The molecule has 0 saturated carbocycles. The highest BCUT2D eigenvalue weighted by atomic mass is 32.1. The molecule has 16 heavy (non-hydrogen) atoms. The fourth-order valence-corrected chi connectivity index (χ4v) is 2.20. The number of rotatable bonds is 7. The number of hydrogen-bond acceptors (Lipinski definition) is 4. The molecule has 4 nitrogen and oxygen atoms in total. The van der Waals surface area contributed by atoms with Crippen molar-refractivity contribution in [1.29, 1.82) is 0 Å². The molecule has 0 atom stereocenters. The zero-order chi connectivity index (χ0) is 12.0. The van der Waals surface area contributed by atoms with Crippen molar-refractivity contribution in [2.24, 2.45) is 5.41 Å². The maximum atomic E-state index is 11.2. The third-order valence-electron chi connectivity index (χ3n) is 3.05. The Morgan fingerprint density at radius 2 is 2.25 bits per heavy atom. The van der Waals surface area contributed by atoms with Crippen LogP contribution in [0.15, 0.2) is 11.7 Å². The number of nitrogens with one attached hydrogen (secondary N) is 1. The molecule has 2 N–H and O–H groups in total. The van der Waals surface area contributed by atoms with Gasteiger partial charge in [0.15, 0.2) is 0 Å². The summed E-state index contributed by atoms with van der Waals surface area (Å²) in [6.45, 7) is 5.05. The lowest BCUT2D eigenvalue weighted by molar-refractivity contribution is -0.149. The first-order valence-corrected chi connectivity index (χ1v) is 6.34. The summed E-state index contributed by atoms with van der Waals surface area (Å²) in [5.74, 6) is -0.714. The predicted molar refractivity (Wildman–Crippen MR) is 64.5 cm³/mol. The summed E-state index contributed by atoms with van der Waals surface area (Å²) < 4.78 is 0. The van der Waals surface area contributed by atoms with Gasteiger partial charge in [0, 0.05) is 24.2 Å². The van der Waals surface area contributed by atoms with Gasteiger partial charge in [0.2, 0.25) is 0 Å². The van der Waals surface area contributed by atoms with Crippen LogP contribution in [0, 0.1) is 5.41 Å². The van der Waals surface area contributed by atoms with Crippen molar-refractivity contribution >= 4 is 17.3 Å². The highest BCUT2D eigenvalue weighted by Gasteiger charge is 2.34. The lowest BCUT2D eigenvalue weighted by atomic mass is 9.82.